The number of ether oxygens (including phenoxy) is 3. The first-order valence-corrected chi connectivity index (χ1v) is 7.20. The molecule has 5 heteroatoms. The minimum absolute atomic E-state index is 0.553. The summed E-state index contributed by atoms with van der Waals surface area (Å²) in [7, 11) is 1.30. The maximum atomic E-state index is 11.9. The highest BCUT2D eigenvalue weighted by Gasteiger charge is 2.43. The number of carbonyl (C=O) groups is 1. The van der Waals surface area contributed by atoms with Crippen LogP contribution < -0.4 is 4.74 Å². The first-order valence-electron chi connectivity index (χ1n) is 6.82. The van der Waals surface area contributed by atoms with Gasteiger partial charge in [0, 0.05) is 10.6 Å². The highest BCUT2D eigenvalue weighted by Crippen LogP contribution is 2.44. The maximum Gasteiger partial charge on any atom is 0.376 e. The summed E-state index contributed by atoms with van der Waals surface area (Å²) in [4.78, 5) is 11.9. The van der Waals surface area contributed by atoms with Crippen molar-refractivity contribution in [3.05, 3.63) is 64.7 Å². The van der Waals surface area contributed by atoms with E-state index < -0.39 is 17.9 Å². The van der Waals surface area contributed by atoms with Crippen molar-refractivity contribution in [3.63, 3.8) is 0 Å². The zero-order chi connectivity index (χ0) is 15.7. The first kappa shape index (κ1) is 14.9. The summed E-state index contributed by atoms with van der Waals surface area (Å²) in [6, 6.07) is 14.9. The van der Waals surface area contributed by atoms with Gasteiger partial charge >= 0.3 is 12.3 Å². The number of esters is 1. The number of hydrogen-bond acceptors (Lipinski definition) is 4. The number of hydrogen-bond donors (Lipinski definition) is 0. The van der Waals surface area contributed by atoms with Gasteiger partial charge in [-0.2, -0.15) is 0 Å². The van der Waals surface area contributed by atoms with Crippen LogP contribution in [0.25, 0.3) is 0 Å². The van der Waals surface area contributed by atoms with Gasteiger partial charge in [0.05, 0.1) is 7.11 Å². The van der Waals surface area contributed by atoms with E-state index in [1.54, 1.807) is 18.2 Å². The van der Waals surface area contributed by atoms with Crippen molar-refractivity contribution in [3.8, 4) is 5.75 Å². The van der Waals surface area contributed by atoms with Crippen LogP contribution in [0.5, 0.6) is 5.75 Å². The monoisotopic (exact) mass is 318 g/mol. The van der Waals surface area contributed by atoms with Crippen LogP contribution >= 0.6 is 11.6 Å². The molecule has 4 nitrogen and oxygen atoms in total. The van der Waals surface area contributed by atoms with Gasteiger partial charge in [-0.3, -0.25) is 0 Å². The predicted molar refractivity (Wildman–Crippen MR) is 81.9 cm³/mol. The SMILES string of the molecule is COC(=O)[C@H]1Oc2ccc(Cl)cc2[C@@](C)(c2ccccc2)O1. The molecule has 1 aliphatic rings. The third kappa shape index (κ3) is 2.45. The lowest BCUT2D eigenvalue weighted by atomic mass is 9.86. The maximum absolute atomic E-state index is 11.9. The summed E-state index contributed by atoms with van der Waals surface area (Å²) in [5, 5.41) is 0.574. The Morgan fingerprint density at radius 1 is 1.23 bits per heavy atom. The first-order chi connectivity index (χ1) is 10.5. The largest absolute Gasteiger partial charge is 0.464 e. The summed E-state index contributed by atoms with van der Waals surface area (Å²) < 4.78 is 16.3. The Bertz CT molecular complexity index is 701. The van der Waals surface area contributed by atoms with Gasteiger partial charge < -0.3 is 14.2 Å². The topological polar surface area (TPSA) is 44.8 Å². The number of halogens is 1. The van der Waals surface area contributed by atoms with Crippen LogP contribution in [0.15, 0.2) is 48.5 Å². The molecule has 0 aromatic heterocycles. The molecule has 0 saturated carbocycles. The fourth-order valence-electron chi connectivity index (χ4n) is 2.57. The standard InChI is InChI=1S/C17H15ClO4/c1-17(11-6-4-3-5-7-11)13-10-12(18)8-9-14(13)21-16(22-17)15(19)20-2/h3-10,16H,1-2H3/t16-,17+/m0/s1. The van der Waals surface area contributed by atoms with E-state index in [1.807, 2.05) is 37.3 Å². The molecule has 22 heavy (non-hydrogen) atoms. The predicted octanol–water partition coefficient (Wildman–Crippen LogP) is 3.51. The van der Waals surface area contributed by atoms with Crippen molar-refractivity contribution in [1.29, 1.82) is 0 Å². The molecule has 0 saturated heterocycles. The molecular weight excluding hydrogens is 304 g/mol. The van der Waals surface area contributed by atoms with Crippen molar-refractivity contribution in [2.75, 3.05) is 7.11 Å². The highest BCUT2D eigenvalue weighted by atomic mass is 35.5. The van der Waals surface area contributed by atoms with Gasteiger partial charge in [0.1, 0.15) is 11.4 Å². The van der Waals surface area contributed by atoms with Crippen LogP contribution in [0.1, 0.15) is 18.1 Å². The molecule has 2 aromatic carbocycles. The van der Waals surface area contributed by atoms with E-state index in [0.717, 1.165) is 11.1 Å². The van der Waals surface area contributed by atoms with E-state index in [-0.39, 0.29) is 0 Å². The van der Waals surface area contributed by atoms with Crippen LogP contribution in [0.3, 0.4) is 0 Å². The Labute approximate surface area is 133 Å². The number of benzene rings is 2. The minimum Gasteiger partial charge on any atom is -0.464 e. The van der Waals surface area contributed by atoms with Crippen molar-refractivity contribution in [2.24, 2.45) is 0 Å². The average Bonchev–Trinajstić information content (AvgIpc) is 2.55. The molecule has 0 spiro atoms. The van der Waals surface area contributed by atoms with Gasteiger partial charge in [0.2, 0.25) is 0 Å². The molecule has 2 atom stereocenters. The van der Waals surface area contributed by atoms with Crippen LogP contribution in [0, 0.1) is 0 Å². The lowest BCUT2D eigenvalue weighted by Gasteiger charge is -2.39. The Morgan fingerprint density at radius 2 is 1.95 bits per heavy atom. The van der Waals surface area contributed by atoms with Crippen molar-refractivity contribution in [1.82, 2.24) is 0 Å². The van der Waals surface area contributed by atoms with Crippen molar-refractivity contribution >= 4 is 17.6 Å². The smallest absolute Gasteiger partial charge is 0.376 e. The zero-order valence-electron chi connectivity index (χ0n) is 12.2. The van der Waals surface area contributed by atoms with E-state index in [9.17, 15) is 4.79 Å². The third-order valence-electron chi connectivity index (χ3n) is 3.75. The molecule has 114 valence electrons. The number of methoxy groups -OCH3 is 1. The van der Waals surface area contributed by atoms with Crippen molar-refractivity contribution < 1.29 is 19.0 Å². The Balaban J connectivity index is 2.15. The molecule has 0 amide bonds. The molecule has 1 heterocycles. The Morgan fingerprint density at radius 3 is 2.64 bits per heavy atom. The van der Waals surface area contributed by atoms with Crippen LogP contribution in [-0.4, -0.2) is 19.4 Å². The van der Waals surface area contributed by atoms with Crippen LogP contribution in [0.4, 0.5) is 0 Å². The quantitative estimate of drug-likeness (QED) is 0.795. The molecule has 2 aromatic rings. The molecule has 3 rings (SSSR count). The second kappa shape index (κ2) is 5.63. The van der Waals surface area contributed by atoms with Gasteiger partial charge in [0.25, 0.3) is 0 Å². The average molecular weight is 319 g/mol. The Kier molecular flexibility index (Phi) is 3.81. The van der Waals surface area contributed by atoms with E-state index in [0.29, 0.717) is 10.8 Å². The minimum atomic E-state index is -1.12. The second-order valence-electron chi connectivity index (χ2n) is 5.13. The van der Waals surface area contributed by atoms with Gasteiger partial charge in [-0.05, 0) is 30.7 Å². The van der Waals surface area contributed by atoms with Crippen LogP contribution in [-0.2, 0) is 19.9 Å². The summed E-state index contributed by atoms with van der Waals surface area (Å²) in [5.41, 5.74) is 0.806. The molecular formula is C17H15ClO4. The summed E-state index contributed by atoms with van der Waals surface area (Å²) >= 11 is 6.11. The summed E-state index contributed by atoms with van der Waals surface area (Å²) in [6.45, 7) is 1.88. The van der Waals surface area contributed by atoms with Gasteiger partial charge in [0.15, 0.2) is 0 Å². The Hall–Kier alpha value is -2.04. The lowest BCUT2D eigenvalue weighted by molar-refractivity contribution is -0.203. The molecule has 0 bridgehead atoms. The van der Waals surface area contributed by atoms with E-state index in [1.165, 1.54) is 7.11 Å². The lowest BCUT2D eigenvalue weighted by Crippen LogP contribution is -2.44. The number of rotatable bonds is 2. The highest BCUT2D eigenvalue weighted by molar-refractivity contribution is 6.30. The van der Waals surface area contributed by atoms with E-state index in [2.05, 4.69) is 0 Å². The fraction of sp³-hybridized carbons (Fsp3) is 0.235. The normalized spacial score (nSPS) is 23.3. The van der Waals surface area contributed by atoms with Gasteiger partial charge in [-0.1, -0.05) is 41.9 Å². The molecule has 0 N–H and O–H groups in total. The third-order valence-corrected chi connectivity index (χ3v) is 3.99. The fourth-order valence-corrected chi connectivity index (χ4v) is 2.74. The molecule has 1 aliphatic heterocycles. The van der Waals surface area contributed by atoms with Crippen molar-refractivity contribution in [2.45, 2.75) is 18.8 Å². The number of carbonyl (C=O) groups excluding carboxylic acids is 1. The van der Waals surface area contributed by atoms with Crippen LogP contribution in [0.2, 0.25) is 5.02 Å². The summed E-state index contributed by atoms with van der Waals surface area (Å²) in [6.07, 6.45) is -1.12. The second-order valence-corrected chi connectivity index (χ2v) is 5.57. The van der Waals surface area contributed by atoms with Gasteiger partial charge in [-0.25, -0.2) is 4.79 Å². The van der Waals surface area contributed by atoms with Gasteiger partial charge in [-0.15, -0.1) is 0 Å². The molecule has 0 radical (unpaired) electrons. The molecule has 0 aliphatic carbocycles. The zero-order valence-corrected chi connectivity index (χ0v) is 13.0. The number of fused-ring (bicyclic) bond motifs is 1. The molecule has 0 fully saturated rings. The van der Waals surface area contributed by atoms with E-state index >= 15 is 0 Å². The summed E-state index contributed by atoms with van der Waals surface area (Å²) in [5.74, 6) is -0.0276. The van der Waals surface area contributed by atoms with E-state index in [4.69, 9.17) is 25.8 Å². The molecule has 0 unspecified atom stereocenters.